The zero-order chi connectivity index (χ0) is 15.2. The van der Waals surface area contributed by atoms with Gasteiger partial charge in [-0.1, -0.05) is 25.5 Å². The minimum Gasteiger partial charge on any atom is -0.489 e. The third-order valence-electron chi connectivity index (χ3n) is 3.35. The third kappa shape index (κ3) is 4.52. The van der Waals surface area contributed by atoms with Crippen LogP contribution in [0.15, 0.2) is 48.3 Å². The standard InChI is InChI=1S/C19H25NO/c1-14(2)8-10-21-19-6-5-16(17-7-9-20-13-17)12-18(19)11-15(3)4/h5-9,12-13,15,20H,10-11H2,1-4H3. The Hall–Kier alpha value is -1.96. The highest BCUT2D eigenvalue weighted by Gasteiger charge is 2.08. The van der Waals surface area contributed by atoms with Crippen LogP contribution in [0.2, 0.25) is 0 Å². The molecule has 0 saturated carbocycles. The zero-order valence-electron chi connectivity index (χ0n) is 13.4. The molecule has 2 rings (SSSR count). The summed E-state index contributed by atoms with van der Waals surface area (Å²) >= 11 is 0. The van der Waals surface area contributed by atoms with E-state index in [0.29, 0.717) is 12.5 Å². The van der Waals surface area contributed by atoms with Crippen molar-refractivity contribution in [1.82, 2.24) is 4.98 Å². The van der Waals surface area contributed by atoms with E-state index in [0.717, 1.165) is 12.2 Å². The maximum absolute atomic E-state index is 5.94. The van der Waals surface area contributed by atoms with Crippen LogP contribution in [0.5, 0.6) is 5.75 Å². The molecule has 0 bridgehead atoms. The fourth-order valence-electron chi connectivity index (χ4n) is 2.30. The maximum Gasteiger partial charge on any atom is 0.123 e. The van der Waals surface area contributed by atoms with Crippen LogP contribution >= 0.6 is 0 Å². The van der Waals surface area contributed by atoms with Gasteiger partial charge in [-0.05, 0) is 67.2 Å². The Morgan fingerprint density at radius 2 is 2.00 bits per heavy atom. The molecule has 0 unspecified atom stereocenters. The van der Waals surface area contributed by atoms with Gasteiger partial charge in [0.05, 0.1) is 0 Å². The van der Waals surface area contributed by atoms with Crippen molar-refractivity contribution in [3.8, 4) is 16.9 Å². The summed E-state index contributed by atoms with van der Waals surface area (Å²) in [5.41, 5.74) is 5.02. The fraction of sp³-hybridized carbons (Fsp3) is 0.368. The average Bonchev–Trinajstić information content (AvgIpc) is 2.93. The second kappa shape index (κ2) is 7.16. The van der Waals surface area contributed by atoms with E-state index in [4.69, 9.17) is 4.74 Å². The molecule has 2 nitrogen and oxygen atoms in total. The summed E-state index contributed by atoms with van der Waals surface area (Å²) in [5.74, 6) is 1.61. The Morgan fingerprint density at radius 3 is 2.62 bits per heavy atom. The summed E-state index contributed by atoms with van der Waals surface area (Å²) < 4.78 is 5.94. The number of H-pyrrole nitrogens is 1. The van der Waals surface area contributed by atoms with Crippen molar-refractivity contribution in [3.05, 3.63) is 53.9 Å². The number of aromatic amines is 1. The largest absolute Gasteiger partial charge is 0.489 e. The van der Waals surface area contributed by atoms with Gasteiger partial charge in [0.15, 0.2) is 0 Å². The van der Waals surface area contributed by atoms with E-state index < -0.39 is 0 Å². The molecule has 0 amide bonds. The molecule has 0 radical (unpaired) electrons. The van der Waals surface area contributed by atoms with Gasteiger partial charge in [-0.3, -0.25) is 0 Å². The Labute approximate surface area is 127 Å². The normalized spacial score (nSPS) is 10.7. The third-order valence-corrected chi connectivity index (χ3v) is 3.35. The number of aromatic nitrogens is 1. The maximum atomic E-state index is 5.94. The lowest BCUT2D eigenvalue weighted by atomic mass is 9.98. The van der Waals surface area contributed by atoms with E-state index in [1.807, 2.05) is 12.4 Å². The Balaban J connectivity index is 2.25. The molecule has 0 saturated heterocycles. The van der Waals surface area contributed by atoms with Crippen molar-refractivity contribution >= 4 is 0 Å². The second-order valence-corrected chi connectivity index (χ2v) is 6.11. The SMILES string of the molecule is CC(C)=CCOc1ccc(-c2cc[nH]c2)cc1CC(C)C. The Kier molecular flexibility index (Phi) is 5.26. The van der Waals surface area contributed by atoms with Crippen LogP contribution in [0, 0.1) is 5.92 Å². The topological polar surface area (TPSA) is 25.0 Å². The van der Waals surface area contributed by atoms with Crippen LogP contribution in [0.1, 0.15) is 33.3 Å². The highest BCUT2D eigenvalue weighted by molar-refractivity contribution is 5.65. The summed E-state index contributed by atoms with van der Waals surface area (Å²) in [4.78, 5) is 3.11. The quantitative estimate of drug-likeness (QED) is 0.722. The van der Waals surface area contributed by atoms with Gasteiger partial charge in [0, 0.05) is 12.4 Å². The lowest BCUT2D eigenvalue weighted by Crippen LogP contribution is -2.01. The first-order valence-corrected chi connectivity index (χ1v) is 7.58. The van der Waals surface area contributed by atoms with Gasteiger partial charge >= 0.3 is 0 Å². The van der Waals surface area contributed by atoms with Gasteiger partial charge < -0.3 is 9.72 Å². The molecule has 0 fully saturated rings. The Morgan fingerprint density at radius 1 is 1.19 bits per heavy atom. The first kappa shape index (κ1) is 15.4. The summed E-state index contributed by atoms with van der Waals surface area (Å²) in [6.45, 7) is 9.30. The van der Waals surface area contributed by atoms with E-state index in [-0.39, 0.29) is 0 Å². The first-order valence-electron chi connectivity index (χ1n) is 7.58. The number of hydrogen-bond donors (Lipinski definition) is 1. The van der Waals surface area contributed by atoms with Gasteiger partial charge in [-0.2, -0.15) is 0 Å². The number of ether oxygens (including phenoxy) is 1. The molecule has 0 aliphatic heterocycles. The number of rotatable bonds is 6. The number of benzene rings is 1. The number of hydrogen-bond acceptors (Lipinski definition) is 1. The molecule has 1 aromatic carbocycles. The van der Waals surface area contributed by atoms with Crippen LogP contribution in [-0.4, -0.2) is 11.6 Å². The summed E-state index contributed by atoms with van der Waals surface area (Å²) in [6.07, 6.45) is 7.12. The van der Waals surface area contributed by atoms with Gasteiger partial charge in [0.1, 0.15) is 12.4 Å². The van der Waals surface area contributed by atoms with Gasteiger partial charge in [-0.15, -0.1) is 0 Å². The molecule has 0 atom stereocenters. The van der Waals surface area contributed by atoms with E-state index >= 15 is 0 Å². The van der Waals surface area contributed by atoms with E-state index in [2.05, 4.69) is 63.0 Å². The fourth-order valence-corrected chi connectivity index (χ4v) is 2.30. The molecule has 21 heavy (non-hydrogen) atoms. The molecule has 1 heterocycles. The van der Waals surface area contributed by atoms with Crippen molar-refractivity contribution in [3.63, 3.8) is 0 Å². The zero-order valence-corrected chi connectivity index (χ0v) is 13.4. The van der Waals surface area contributed by atoms with Crippen molar-refractivity contribution < 1.29 is 4.74 Å². The smallest absolute Gasteiger partial charge is 0.123 e. The summed E-state index contributed by atoms with van der Waals surface area (Å²) in [6, 6.07) is 8.57. The molecule has 1 N–H and O–H groups in total. The molecular weight excluding hydrogens is 258 g/mol. The first-order chi connectivity index (χ1) is 10.1. The molecule has 0 aliphatic rings. The molecule has 0 spiro atoms. The summed E-state index contributed by atoms with van der Waals surface area (Å²) in [5, 5.41) is 0. The molecule has 112 valence electrons. The highest BCUT2D eigenvalue weighted by Crippen LogP contribution is 2.28. The minimum absolute atomic E-state index is 0.609. The Bertz CT molecular complexity index is 590. The van der Waals surface area contributed by atoms with Crippen LogP contribution < -0.4 is 4.74 Å². The number of allylic oxidation sites excluding steroid dienone is 1. The van der Waals surface area contributed by atoms with E-state index in [1.165, 1.54) is 22.3 Å². The van der Waals surface area contributed by atoms with Crippen molar-refractivity contribution in [1.29, 1.82) is 0 Å². The monoisotopic (exact) mass is 283 g/mol. The van der Waals surface area contributed by atoms with Crippen LogP contribution in [-0.2, 0) is 6.42 Å². The predicted molar refractivity (Wildman–Crippen MR) is 89.7 cm³/mol. The lowest BCUT2D eigenvalue weighted by Gasteiger charge is -2.14. The number of nitrogens with one attached hydrogen (secondary N) is 1. The van der Waals surface area contributed by atoms with Crippen molar-refractivity contribution in [2.75, 3.05) is 6.61 Å². The molecular formula is C19H25NO. The van der Waals surface area contributed by atoms with Gasteiger partial charge in [-0.25, -0.2) is 0 Å². The molecule has 0 aliphatic carbocycles. The van der Waals surface area contributed by atoms with Crippen LogP contribution in [0.25, 0.3) is 11.1 Å². The molecule has 2 aromatic rings. The predicted octanol–water partition coefficient (Wildman–Crippen LogP) is 5.23. The van der Waals surface area contributed by atoms with Gasteiger partial charge in [0.2, 0.25) is 0 Å². The summed E-state index contributed by atoms with van der Waals surface area (Å²) in [7, 11) is 0. The van der Waals surface area contributed by atoms with Crippen molar-refractivity contribution in [2.45, 2.75) is 34.1 Å². The van der Waals surface area contributed by atoms with E-state index in [1.54, 1.807) is 0 Å². The van der Waals surface area contributed by atoms with Crippen LogP contribution in [0.3, 0.4) is 0 Å². The van der Waals surface area contributed by atoms with Crippen molar-refractivity contribution in [2.24, 2.45) is 5.92 Å². The lowest BCUT2D eigenvalue weighted by molar-refractivity contribution is 0.356. The average molecular weight is 283 g/mol. The van der Waals surface area contributed by atoms with Crippen LogP contribution in [0.4, 0.5) is 0 Å². The second-order valence-electron chi connectivity index (χ2n) is 6.11. The minimum atomic E-state index is 0.609. The highest BCUT2D eigenvalue weighted by atomic mass is 16.5. The van der Waals surface area contributed by atoms with Gasteiger partial charge in [0.25, 0.3) is 0 Å². The van der Waals surface area contributed by atoms with E-state index in [9.17, 15) is 0 Å². The molecule has 2 heteroatoms. The molecule has 1 aromatic heterocycles.